The molecule has 1 fully saturated rings. The number of rotatable bonds is 6. The smallest absolute Gasteiger partial charge is 0.113 e. The molecule has 1 saturated heterocycles. The molecule has 0 aromatic carbocycles. The van der Waals surface area contributed by atoms with E-state index in [-0.39, 0.29) is 6.61 Å². The number of hydrogen-bond donors (Lipinski definition) is 1. The van der Waals surface area contributed by atoms with Crippen LogP contribution in [0.25, 0.3) is 0 Å². The molecule has 4 nitrogen and oxygen atoms in total. The normalized spacial score (nSPS) is 18.6. The van der Waals surface area contributed by atoms with Crippen molar-refractivity contribution in [3.8, 4) is 0 Å². The molecule has 0 spiro atoms. The van der Waals surface area contributed by atoms with Gasteiger partial charge in [0.1, 0.15) is 13.2 Å². The molecule has 1 aliphatic heterocycles. The fourth-order valence-electron chi connectivity index (χ4n) is 1.09. The van der Waals surface area contributed by atoms with Gasteiger partial charge in [0, 0.05) is 6.61 Å². The van der Waals surface area contributed by atoms with Crippen molar-refractivity contribution in [1.82, 2.24) is 0 Å². The van der Waals surface area contributed by atoms with Gasteiger partial charge < -0.3 is 19.3 Å². The predicted molar refractivity (Wildman–Crippen MR) is 58.4 cm³/mol. The van der Waals surface area contributed by atoms with Crippen LogP contribution in [-0.2, 0) is 14.2 Å². The Bertz CT molecular complexity index is 153. The molecule has 88 valence electrons. The fraction of sp³-hybridized carbons (Fsp3) is 0.636. The van der Waals surface area contributed by atoms with Gasteiger partial charge in [-0.2, -0.15) is 0 Å². The highest BCUT2D eigenvalue weighted by molar-refractivity contribution is 4.64. The lowest BCUT2D eigenvalue weighted by Crippen LogP contribution is -2.11. The maximum absolute atomic E-state index is 8.02. The van der Waals surface area contributed by atoms with E-state index in [1.54, 1.807) is 0 Å². The summed E-state index contributed by atoms with van der Waals surface area (Å²) < 4.78 is 14.7. The summed E-state index contributed by atoms with van der Waals surface area (Å²) in [5, 5.41) is 8.02. The highest BCUT2D eigenvalue weighted by Crippen LogP contribution is 2.11. The van der Waals surface area contributed by atoms with Crippen molar-refractivity contribution in [2.45, 2.75) is 18.9 Å². The van der Waals surface area contributed by atoms with Gasteiger partial charge in [-0.05, 0) is 12.8 Å². The number of hydrogen-bond acceptors (Lipinski definition) is 4. The molecule has 0 aromatic rings. The summed E-state index contributed by atoms with van der Waals surface area (Å²) in [6.07, 6.45) is 5.39. The summed E-state index contributed by atoms with van der Waals surface area (Å²) in [6.45, 7) is 8.69. The standard InChI is InChI=1S/C7H12O2.C4H8O2/c1-2-8-6-7-4-3-5-9-7;1-2-6-4-3-5/h2,7H,1,3-6H2;2,5H,1,3-4H2. The fourth-order valence-corrected chi connectivity index (χ4v) is 1.09. The molecule has 4 heteroatoms. The van der Waals surface area contributed by atoms with E-state index < -0.39 is 0 Å². The first kappa shape index (κ1) is 14.0. The van der Waals surface area contributed by atoms with Gasteiger partial charge in [0.05, 0.1) is 25.2 Å². The molecule has 1 N–H and O–H groups in total. The van der Waals surface area contributed by atoms with Crippen molar-refractivity contribution < 1.29 is 19.3 Å². The highest BCUT2D eigenvalue weighted by Gasteiger charge is 2.14. The Labute approximate surface area is 91.1 Å². The maximum Gasteiger partial charge on any atom is 0.113 e. The van der Waals surface area contributed by atoms with E-state index in [0.717, 1.165) is 13.0 Å². The average Bonchev–Trinajstić information content (AvgIpc) is 2.77. The molecule has 0 amide bonds. The minimum atomic E-state index is 0.0615. The van der Waals surface area contributed by atoms with Crippen LogP contribution < -0.4 is 0 Å². The monoisotopic (exact) mass is 216 g/mol. The van der Waals surface area contributed by atoms with E-state index in [4.69, 9.17) is 14.6 Å². The van der Waals surface area contributed by atoms with Crippen molar-refractivity contribution in [2.24, 2.45) is 0 Å². The molecular weight excluding hydrogens is 196 g/mol. The van der Waals surface area contributed by atoms with Gasteiger partial charge in [-0.25, -0.2) is 0 Å². The lowest BCUT2D eigenvalue weighted by atomic mass is 10.2. The molecule has 1 rings (SSSR count). The Hall–Kier alpha value is -1.00. The van der Waals surface area contributed by atoms with Gasteiger partial charge in [-0.1, -0.05) is 13.2 Å². The van der Waals surface area contributed by atoms with Crippen LogP contribution in [0, 0.1) is 0 Å². The van der Waals surface area contributed by atoms with Crippen molar-refractivity contribution in [2.75, 3.05) is 26.4 Å². The summed E-state index contributed by atoms with van der Waals surface area (Å²) >= 11 is 0. The SMILES string of the molecule is C=COCC1CCCO1.C=COCCO. The zero-order valence-electron chi connectivity index (χ0n) is 9.06. The van der Waals surface area contributed by atoms with Crippen molar-refractivity contribution in [3.05, 3.63) is 25.7 Å². The Morgan fingerprint density at radius 1 is 1.33 bits per heavy atom. The third-order valence-electron chi connectivity index (χ3n) is 1.75. The highest BCUT2D eigenvalue weighted by atomic mass is 16.5. The second-order valence-electron chi connectivity index (χ2n) is 2.90. The molecule has 15 heavy (non-hydrogen) atoms. The zero-order chi connectivity index (χ0) is 11.4. The van der Waals surface area contributed by atoms with E-state index >= 15 is 0 Å². The van der Waals surface area contributed by atoms with Crippen LogP contribution in [0.3, 0.4) is 0 Å². The zero-order valence-corrected chi connectivity index (χ0v) is 9.06. The van der Waals surface area contributed by atoms with E-state index in [1.165, 1.54) is 18.9 Å². The third-order valence-corrected chi connectivity index (χ3v) is 1.75. The summed E-state index contributed by atoms with van der Waals surface area (Å²) in [5.74, 6) is 0. The van der Waals surface area contributed by atoms with Crippen molar-refractivity contribution >= 4 is 0 Å². The van der Waals surface area contributed by atoms with E-state index in [0.29, 0.717) is 19.3 Å². The summed E-state index contributed by atoms with van der Waals surface area (Å²) in [6, 6.07) is 0. The van der Waals surface area contributed by atoms with Gasteiger partial charge in [0.2, 0.25) is 0 Å². The van der Waals surface area contributed by atoms with Crippen LogP contribution in [0.15, 0.2) is 25.7 Å². The Kier molecular flexibility index (Phi) is 10.3. The molecule has 1 atom stereocenters. The van der Waals surface area contributed by atoms with Crippen LogP contribution in [0.2, 0.25) is 0 Å². The van der Waals surface area contributed by atoms with Gasteiger partial charge in [0.25, 0.3) is 0 Å². The van der Waals surface area contributed by atoms with E-state index in [2.05, 4.69) is 17.9 Å². The molecule has 1 aliphatic rings. The quantitative estimate of drug-likeness (QED) is 0.539. The second-order valence-corrected chi connectivity index (χ2v) is 2.90. The van der Waals surface area contributed by atoms with Crippen molar-refractivity contribution in [3.63, 3.8) is 0 Å². The molecule has 0 aromatic heterocycles. The summed E-state index contributed by atoms with van der Waals surface area (Å²) in [7, 11) is 0. The molecular formula is C11H20O4. The van der Waals surface area contributed by atoms with Gasteiger partial charge in [-0.3, -0.25) is 0 Å². The Balaban J connectivity index is 0.000000288. The molecule has 0 radical (unpaired) electrons. The van der Waals surface area contributed by atoms with Crippen LogP contribution in [0.5, 0.6) is 0 Å². The third kappa shape index (κ3) is 9.31. The van der Waals surface area contributed by atoms with Crippen LogP contribution >= 0.6 is 0 Å². The second kappa shape index (κ2) is 11.1. The molecule has 1 unspecified atom stereocenters. The first-order valence-corrected chi connectivity index (χ1v) is 5.02. The Morgan fingerprint density at radius 3 is 2.47 bits per heavy atom. The number of ether oxygens (including phenoxy) is 3. The molecule has 1 heterocycles. The lowest BCUT2D eigenvalue weighted by molar-refractivity contribution is 0.0522. The lowest BCUT2D eigenvalue weighted by Gasteiger charge is -2.06. The largest absolute Gasteiger partial charge is 0.499 e. The number of aliphatic hydroxyl groups is 1. The molecule has 0 aliphatic carbocycles. The van der Waals surface area contributed by atoms with Gasteiger partial charge in [-0.15, -0.1) is 0 Å². The number of aliphatic hydroxyl groups excluding tert-OH is 1. The summed E-state index contributed by atoms with van der Waals surface area (Å²) in [5.41, 5.74) is 0. The van der Waals surface area contributed by atoms with Crippen LogP contribution in [0.4, 0.5) is 0 Å². The average molecular weight is 216 g/mol. The minimum Gasteiger partial charge on any atom is -0.499 e. The predicted octanol–water partition coefficient (Wildman–Crippen LogP) is 1.46. The molecule has 0 saturated carbocycles. The molecule has 0 bridgehead atoms. The first-order valence-electron chi connectivity index (χ1n) is 5.02. The van der Waals surface area contributed by atoms with Gasteiger partial charge in [0.15, 0.2) is 0 Å². The van der Waals surface area contributed by atoms with Crippen LogP contribution in [-0.4, -0.2) is 37.6 Å². The van der Waals surface area contributed by atoms with Gasteiger partial charge >= 0.3 is 0 Å². The van der Waals surface area contributed by atoms with E-state index in [9.17, 15) is 0 Å². The first-order chi connectivity index (χ1) is 7.35. The maximum atomic E-state index is 8.02. The van der Waals surface area contributed by atoms with Crippen molar-refractivity contribution in [1.29, 1.82) is 0 Å². The van der Waals surface area contributed by atoms with E-state index in [1.807, 2.05) is 0 Å². The Morgan fingerprint density at radius 2 is 2.07 bits per heavy atom. The van der Waals surface area contributed by atoms with Crippen LogP contribution in [0.1, 0.15) is 12.8 Å². The summed E-state index contributed by atoms with van der Waals surface area (Å²) in [4.78, 5) is 0. The topological polar surface area (TPSA) is 47.9 Å². The minimum absolute atomic E-state index is 0.0615.